The van der Waals surface area contributed by atoms with E-state index in [1.807, 2.05) is 0 Å². The standard InChI is InChI=1S/C73H124O6/c1-4-7-10-13-16-18-20-22-24-26-28-30-32-33-34-35-36-37-38-39-40-41-42-44-45-47-49-51-53-55-57-60-63-66-72(75)78-69-70(68-77-71(74)65-62-59-15-12-9-6-3)79-73(76)67-64-61-58-56-54-52-50-48-46-43-31-29-27-25-23-21-19-17-14-11-8-5-2/h7,10,16,18,22,24,28,30,33-34,36-37,39-40,42,44,47,49,70H,4-6,8-9,11-15,17,19-21,23,25-27,29,31-32,35,38,41,43,45-46,48,50-69H2,1-3H3/b10-7-,18-16-,24-22-,30-28-,34-33-,37-36-,40-39-,44-42-,49-47-. The van der Waals surface area contributed by atoms with Crippen molar-refractivity contribution in [1.82, 2.24) is 0 Å². The lowest BCUT2D eigenvalue weighted by Crippen LogP contribution is -2.30. The Balaban J connectivity index is 4.13. The fraction of sp³-hybridized carbons (Fsp3) is 0.712. The quantitative estimate of drug-likeness (QED) is 0.0261. The van der Waals surface area contributed by atoms with E-state index < -0.39 is 6.10 Å². The van der Waals surface area contributed by atoms with E-state index in [1.54, 1.807) is 0 Å². The Hall–Kier alpha value is -3.93. The average molecular weight is 1100 g/mol. The van der Waals surface area contributed by atoms with Crippen LogP contribution in [0, 0.1) is 0 Å². The SMILES string of the molecule is CC/C=C\C/C=C\C/C=C\C/C=C\C/C=C\C/C=C\C/C=C\C/C=C\C/C=C\CCCCCCCC(=O)OCC(COC(=O)CCCCCCCC)OC(=O)CCCCCCCCCCCCCCCCCCCCCCCC. The molecule has 0 N–H and O–H groups in total. The maximum atomic E-state index is 12.9. The molecule has 0 spiro atoms. The van der Waals surface area contributed by atoms with Gasteiger partial charge in [-0.3, -0.25) is 14.4 Å². The van der Waals surface area contributed by atoms with Crippen molar-refractivity contribution in [2.24, 2.45) is 0 Å². The summed E-state index contributed by atoms with van der Waals surface area (Å²) in [5.41, 5.74) is 0. The second-order valence-electron chi connectivity index (χ2n) is 22.0. The Bertz CT molecular complexity index is 1590. The molecule has 6 heteroatoms. The third-order valence-electron chi connectivity index (χ3n) is 14.3. The maximum absolute atomic E-state index is 12.9. The lowest BCUT2D eigenvalue weighted by molar-refractivity contribution is -0.167. The molecule has 452 valence electrons. The van der Waals surface area contributed by atoms with Gasteiger partial charge in [0, 0.05) is 19.3 Å². The highest BCUT2D eigenvalue weighted by Gasteiger charge is 2.19. The first kappa shape index (κ1) is 75.1. The molecular weight excluding hydrogens is 973 g/mol. The Labute approximate surface area is 489 Å². The predicted octanol–water partition coefficient (Wildman–Crippen LogP) is 23.0. The van der Waals surface area contributed by atoms with Gasteiger partial charge >= 0.3 is 17.9 Å². The number of carbonyl (C=O) groups is 3. The second-order valence-corrected chi connectivity index (χ2v) is 22.0. The summed E-state index contributed by atoms with van der Waals surface area (Å²) in [7, 11) is 0. The molecule has 0 bridgehead atoms. The summed E-state index contributed by atoms with van der Waals surface area (Å²) < 4.78 is 16.8. The summed E-state index contributed by atoms with van der Waals surface area (Å²) in [6.45, 7) is 6.48. The molecule has 0 aromatic rings. The molecule has 0 aliphatic carbocycles. The molecule has 0 heterocycles. The number of ether oxygens (including phenoxy) is 3. The zero-order valence-electron chi connectivity index (χ0n) is 51.9. The van der Waals surface area contributed by atoms with Crippen LogP contribution in [-0.4, -0.2) is 37.2 Å². The fourth-order valence-electron chi connectivity index (χ4n) is 9.32. The van der Waals surface area contributed by atoms with Crippen molar-refractivity contribution in [1.29, 1.82) is 0 Å². The van der Waals surface area contributed by atoms with Crippen LogP contribution >= 0.6 is 0 Å². The van der Waals surface area contributed by atoms with E-state index in [2.05, 4.69) is 130 Å². The van der Waals surface area contributed by atoms with E-state index in [4.69, 9.17) is 14.2 Å². The predicted molar refractivity (Wildman–Crippen MR) is 343 cm³/mol. The summed E-state index contributed by atoms with van der Waals surface area (Å²) in [6, 6.07) is 0. The van der Waals surface area contributed by atoms with E-state index in [9.17, 15) is 14.4 Å². The minimum Gasteiger partial charge on any atom is -0.462 e. The monoisotopic (exact) mass is 1100 g/mol. The van der Waals surface area contributed by atoms with Crippen molar-refractivity contribution in [3.63, 3.8) is 0 Å². The summed E-state index contributed by atoms with van der Waals surface area (Å²) in [4.78, 5) is 38.0. The minimum absolute atomic E-state index is 0.0819. The topological polar surface area (TPSA) is 78.9 Å². The van der Waals surface area contributed by atoms with Crippen LogP contribution in [0.15, 0.2) is 109 Å². The molecule has 0 saturated heterocycles. The summed E-state index contributed by atoms with van der Waals surface area (Å²) in [5, 5.41) is 0. The zero-order chi connectivity index (χ0) is 57.1. The van der Waals surface area contributed by atoms with Gasteiger partial charge in [0.25, 0.3) is 0 Å². The molecule has 79 heavy (non-hydrogen) atoms. The van der Waals surface area contributed by atoms with Crippen LogP contribution in [0.5, 0.6) is 0 Å². The van der Waals surface area contributed by atoms with Gasteiger partial charge in [0.05, 0.1) is 0 Å². The van der Waals surface area contributed by atoms with Crippen molar-refractivity contribution in [2.45, 2.75) is 322 Å². The minimum atomic E-state index is -0.783. The molecule has 6 nitrogen and oxygen atoms in total. The highest BCUT2D eigenvalue weighted by atomic mass is 16.6. The highest BCUT2D eigenvalue weighted by Crippen LogP contribution is 2.17. The van der Waals surface area contributed by atoms with Gasteiger partial charge in [-0.2, -0.15) is 0 Å². The van der Waals surface area contributed by atoms with E-state index in [0.29, 0.717) is 19.3 Å². The van der Waals surface area contributed by atoms with Gasteiger partial charge < -0.3 is 14.2 Å². The third-order valence-corrected chi connectivity index (χ3v) is 14.3. The van der Waals surface area contributed by atoms with Gasteiger partial charge in [-0.15, -0.1) is 0 Å². The number of esters is 3. The van der Waals surface area contributed by atoms with Crippen LogP contribution in [0.4, 0.5) is 0 Å². The molecule has 0 rings (SSSR count). The zero-order valence-corrected chi connectivity index (χ0v) is 51.9. The molecular formula is C73H124O6. The summed E-state index contributed by atoms with van der Waals surface area (Å²) in [5.74, 6) is -0.901. The van der Waals surface area contributed by atoms with Crippen molar-refractivity contribution in [3.05, 3.63) is 109 Å². The van der Waals surface area contributed by atoms with Gasteiger partial charge in [0.2, 0.25) is 0 Å². The number of hydrogen-bond acceptors (Lipinski definition) is 6. The Kier molecular flexibility index (Phi) is 63.3. The van der Waals surface area contributed by atoms with Crippen molar-refractivity contribution < 1.29 is 28.6 Å². The van der Waals surface area contributed by atoms with E-state index in [0.717, 1.165) is 135 Å². The van der Waals surface area contributed by atoms with E-state index in [1.165, 1.54) is 141 Å². The molecule has 1 unspecified atom stereocenters. The second kappa shape index (κ2) is 66.6. The lowest BCUT2D eigenvalue weighted by atomic mass is 10.0. The first-order valence-electron chi connectivity index (χ1n) is 33.4. The molecule has 0 aromatic carbocycles. The van der Waals surface area contributed by atoms with Gasteiger partial charge in [0.15, 0.2) is 6.10 Å². The Morgan fingerprint density at radius 3 is 0.772 bits per heavy atom. The summed E-state index contributed by atoms with van der Waals surface area (Å²) in [6.07, 6.45) is 91.4. The third kappa shape index (κ3) is 64.8. The number of rotatable bonds is 60. The number of unbranched alkanes of at least 4 members (excludes halogenated alkanes) is 31. The van der Waals surface area contributed by atoms with Crippen molar-refractivity contribution in [2.75, 3.05) is 13.2 Å². The van der Waals surface area contributed by atoms with Gasteiger partial charge in [0.1, 0.15) is 13.2 Å². The number of allylic oxidation sites excluding steroid dienone is 18. The first-order chi connectivity index (χ1) is 39.0. The maximum Gasteiger partial charge on any atom is 0.306 e. The van der Waals surface area contributed by atoms with Gasteiger partial charge in [-0.1, -0.05) is 316 Å². The smallest absolute Gasteiger partial charge is 0.306 e. The molecule has 0 saturated carbocycles. The highest BCUT2D eigenvalue weighted by molar-refractivity contribution is 5.71. The Morgan fingerprint density at radius 1 is 0.266 bits per heavy atom. The van der Waals surface area contributed by atoms with Crippen molar-refractivity contribution >= 4 is 17.9 Å². The average Bonchev–Trinajstić information content (AvgIpc) is 3.45. The van der Waals surface area contributed by atoms with Crippen molar-refractivity contribution in [3.8, 4) is 0 Å². The molecule has 0 aliphatic heterocycles. The fourth-order valence-corrected chi connectivity index (χ4v) is 9.32. The molecule has 0 aromatic heterocycles. The number of carbonyl (C=O) groups excluding carboxylic acids is 3. The van der Waals surface area contributed by atoms with Crippen LogP contribution < -0.4 is 0 Å². The molecule has 1 atom stereocenters. The van der Waals surface area contributed by atoms with Crippen LogP contribution in [0.1, 0.15) is 316 Å². The van der Waals surface area contributed by atoms with Gasteiger partial charge in [-0.05, 0) is 89.9 Å². The van der Waals surface area contributed by atoms with Crippen LogP contribution in [0.3, 0.4) is 0 Å². The normalized spacial score (nSPS) is 12.8. The number of hydrogen-bond donors (Lipinski definition) is 0. The lowest BCUT2D eigenvalue weighted by Gasteiger charge is -2.18. The van der Waals surface area contributed by atoms with E-state index >= 15 is 0 Å². The molecule has 0 amide bonds. The molecule has 0 aliphatic rings. The van der Waals surface area contributed by atoms with Crippen LogP contribution in [0.25, 0.3) is 0 Å². The Morgan fingerprint density at radius 2 is 0.494 bits per heavy atom. The summed E-state index contributed by atoms with van der Waals surface area (Å²) >= 11 is 0. The largest absolute Gasteiger partial charge is 0.462 e. The van der Waals surface area contributed by atoms with Gasteiger partial charge in [-0.25, -0.2) is 0 Å². The first-order valence-corrected chi connectivity index (χ1v) is 33.4. The van der Waals surface area contributed by atoms with Crippen LogP contribution in [0.2, 0.25) is 0 Å². The molecule has 0 fully saturated rings. The van der Waals surface area contributed by atoms with Crippen LogP contribution in [-0.2, 0) is 28.6 Å². The molecule has 0 radical (unpaired) electrons. The van der Waals surface area contributed by atoms with E-state index in [-0.39, 0.29) is 31.1 Å².